The van der Waals surface area contributed by atoms with E-state index < -0.39 is 0 Å². The molecule has 0 amide bonds. The van der Waals surface area contributed by atoms with Crippen LogP contribution < -0.4 is 0 Å². The van der Waals surface area contributed by atoms with E-state index in [1.54, 1.807) is 0 Å². The van der Waals surface area contributed by atoms with Gasteiger partial charge in [0.05, 0.1) is 6.10 Å². The van der Waals surface area contributed by atoms with Gasteiger partial charge in [-0.1, -0.05) is 84.3 Å². The molecule has 0 bridgehead atoms. The molecule has 0 aromatic carbocycles. The smallest absolute Gasteiger partial charge is 0.0545 e. The number of aliphatic hydroxyl groups excluding tert-OH is 1. The Morgan fingerprint density at radius 2 is 1.40 bits per heavy atom. The lowest BCUT2D eigenvalue weighted by molar-refractivity contribution is -0.0640. The van der Waals surface area contributed by atoms with Crippen LogP contribution in [-0.2, 0) is 0 Å². The van der Waals surface area contributed by atoms with Gasteiger partial charge in [-0.25, -0.2) is 0 Å². The van der Waals surface area contributed by atoms with Gasteiger partial charge in [0.2, 0.25) is 0 Å². The summed E-state index contributed by atoms with van der Waals surface area (Å²) in [7, 11) is 0. The van der Waals surface area contributed by atoms with Gasteiger partial charge in [0.25, 0.3) is 0 Å². The van der Waals surface area contributed by atoms with Crippen LogP contribution in [0.5, 0.6) is 0 Å². The lowest BCUT2D eigenvalue weighted by Gasteiger charge is -2.52. The second-order valence-electron chi connectivity index (χ2n) is 9.23. The minimum atomic E-state index is -0.155. The highest BCUT2D eigenvalue weighted by atomic mass is 16.3. The number of allylic oxidation sites excluding steroid dienone is 2. The fourth-order valence-corrected chi connectivity index (χ4v) is 6.26. The monoisotopic (exact) mass is 348 g/mol. The van der Waals surface area contributed by atoms with Gasteiger partial charge in [0.15, 0.2) is 0 Å². The van der Waals surface area contributed by atoms with Crippen LogP contribution in [0.1, 0.15) is 98.3 Å². The third-order valence-electron chi connectivity index (χ3n) is 7.60. The van der Waals surface area contributed by atoms with Crippen molar-refractivity contribution in [2.24, 2.45) is 35.5 Å². The van der Waals surface area contributed by atoms with E-state index in [1.165, 1.54) is 70.6 Å². The number of fused-ring (bicyclic) bond motifs is 1. The second kappa shape index (κ2) is 10.8. The summed E-state index contributed by atoms with van der Waals surface area (Å²) in [5.41, 5.74) is 0. The molecule has 1 fully saturated rings. The number of aliphatic hydroxyl groups is 1. The van der Waals surface area contributed by atoms with Gasteiger partial charge < -0.3 is 5.11 Å². The minimum Gasteiger partial charge on any atom is -0.393 e. The Morgan fingerprint density at radius 3 is 2.00 bits per heavy atom. The largest absolute Gasteiger partial charge is 0.393 e. The molecule has 0 radical (unpaired) electrons. The van der Waals surface area contributed by atoms with Crippen LogP contribution in [0.3, 0.4) is 0 Å². The third-order valence-corrected chi connectivity index (χ3v) is 7.60. The molecule has 1 heteroatoms. The average molecular weight is 349 g/mol. The van der Waals surface area contributed by atoms with Crippen LogP contribution in [0.4, 0.5) is 0 Å². The maximum Gasteiger partial charge on any atom is 0.0545 e. The van der Waals surface area contributed by atoms with Crippen molar-refractivity contribution < 1.29 is 5.11 Å². The maximum absolute atomic E-state index is 10.4. The molecule has 0 saturated heterocycles. The van der Waals surface area contributed by atoms with Crippen molar-refractivity contribution in [1.29, 1.82) is 0 Å². The fraction of sp³-hybridized carbons (Fsp3) is 0.917. The normalized spacial score (nSPS) is 36.2. The molecule has 0 aliphatic heterocycles. The van der Waals surface area contributed by atoms with E-state index in [2.05, 4.69) is 32.9 Å². The summed E-state index contributed by atoms with van der Waals surface area (Å²) in [5, 5.41) is 10.4. The Hall–Kier alpha value is -0.300. The zero-order valence-corrected chi connectivity index (χ0v) is 17.4. The molecule has 2 aliphatic rings. The summed E-state index contributed by atoms with van der Waals surface area (Å²) in [6.07, 6.45) is 19.9. The molecule has 1 saturated carbocycles. The van der Waals surface area contributed by atoms with E-state index in [4.69, 9.17) is 0 Å². The first kappa shape index (κ1) is 21.0. The summed E-state index contributed by atoms with van der Waals surface area (Å²) in [4.78, 5) is 0. The van der Waals surface area contributed by atoms with E-state index in [0.29, 0.717) is 17.8 Å². The molecule has 0 aromatic rings. The number of hydrogen-bond acceptors (Lipinski definition) is 1. The standard InChI is InChI=1S/C24H44O/c1-5-6-7-8-9-10-11-12-15-21-18(2)24(20(4)25)19(3)22-16-13-14-17-23(21)22/h13-14,18-25H,5-12,15-17H2,1-4H3/t18?,19-,20?,21?,22?,23?,24?/m1/s1. The Balaban J connectivity index is 1.83. The summed E-state index contributed by atoms with van der Waals surface area (Å²) >= 11 is 0. The first-order chi connectivity index (χ1) is 12.1. The fourth-order valence-electron chi connectivity index (χ4n) is 6.26. The molecule has 146 valence electrons. The van der Waals surface area contributed by atoms with Crippen LogP contribution in [0.15, 0.2) is 12.2 Å². The molecule has 0 heterocycles. The van der Waals surface area contributed by atoms with Gasteiger partial charge in [-0.05, 0) is 61.7 Å². The van der Waals surface area contributed by atoms with Gasteiger partial charge in [0, 0.05) is 0 Å². The highest BCUT2D eigenvalue weighted by Gasteiger charge is 2.47. The molecule has 1 N–H and O–H groups in total. The molecular formula is C24H44O. The van der Waals surface area contributed by atoms with Crippen LogP contribution in [0, 0.1) is 35.5 Å². The van der Waals surface area contributed by atoms with E-state index in [0.717, 1.165) is 17.8 Å². The number of rotatable bonds is 10. The van der Waals surface area contributed by atoms with Crippen LogP contribution in [-0.4, -0.2) is 11.2 Å². The van der Waals surface area contributed by atoms with E-state index in [1.807, 2.05) is 6.92 Å². The van der Waals surface area contributed by atoms with Crippen molar-refractivity contribution >= 4 is 0 Å². The van der Waals surface area contributed by atoms with Crippen LogP contribution in [0.25, 0.3) is 0 Å². The summed E-state index contributed by atoms with van der Waals surface area (Å²) < 4.78 is 0. The number of unbranched alkanes of at least 4 members (excludes halogenated alkanes) is 7. The van der Waals surface area contributed by atoms with E-state index in [-0.39, 0.29) is 6.10 Å². The molecule has 0 aromatic heterocycles. The lowest BCUT2D eigenvalue weighted by atomic mass is 9.53. The second-order valence-corrected chi connectivity index (χ2v) is 9.23. The zero-order chi connectivity index (χ0) is 18.2. The SMILES string of the molecule is CCCCCCCCCCC1C(C)C(C(C)O)[C@H](C)C2CC=CCC12. The van der Waals surface area contributed by atoms with Gasteiger partial charge in [-0.3, -0.25) is 0 Å². The molecule has 0 spiro atoms. The van der Waals surface area contributed by atoms with Gasteiger partial charge in [-0.2, -0.15) is 0 Å². The maximum atomic E-state index is 10.4. The molecule has 2 rings (SSSR count). The van der Waals surface area contributed by atoms with Gasteiger partial charge >= 0.3 is 0 Å². The zero-order valence-electron chi connectivity index (χ0n) is 17.4. The van der Waals surface area contributed by atoms with Crippen LogP contribution >= 0.6 is 0 Å². The summed E-state index contributed by atoms with van der Waals surface area (Å²) in [6.45, 7) is 9.18. The Bertz CT molecular complexity index is 386. The highest BCUT2D eigenvalue weighted by Crippen LogP contribution is 2.52. The average Bonchev–Trinajstić information content (AvgIpc) is 2.59. The minimum absolute atomic E-state index is 0.155. The Kier molecular flexibility index (Phi) is 9.03. The first-order valence-corrected chi connectivity index (χ1v) is 11.4. The van der Waals surface area contributed by atoms with Gasteiger partial charge in [-0.15, -0.1) is 0 Å². The quantitative estimate of drug-likeness (QED) is 0.333. The molecule has 25 heavy (non-hydrogen) atoms. The molecule has 6 unspecified atom stereocenters. The molecule has 2 aliphatic carbocycles. The van der Waals surface area contributed by atoms with Crippen molar-refractivity contribution in [3.8, 4) is 0 Å². The van der Waals surface area contributed by atoms with Crippen LogP contribution in [0.2, 0.25) is 0 Å². The van der Waals surface area contributed by atoms with Crippen molar-refractivity contribution in [1.82, 2.24) is 0 Å². The lowest BCUT2D eigenvalue weighted by Crippen LogP contribution is -2.48. The van der Waals surface area contributed by atoms with Crippen molar-refractivity contribution in [2.45, 2.75) is 104 Å². The van der Waals surface area contributed by atoms with E-state index >= 15 is 0 Å². The number of hydrogen-bond donors (Lipinski definition) is 1. The summed E-state index contributed by atoms with van der Waals surface area (Å²) in [6, 6.07) is 0. The topological polar surface area (TPSA) is 20.2 Å². The predicted molar refractivity (Wildman–Crippen MR) is 110 cm³/mol. The van der Waals surface area contributed by atoms with Crippen molar-refractivity contribution in [3.05, 3.63) is 12.2 Å². The van der Waals surface area contributed by atoms with E-state index in [9.17, 15) is 5.11 Å². The predicted octanol–water partition coefficient (Wildman–Crippen LogP) is 7.00. The third kappa shape index (κ3) is 5.59. The van der Waals surface area contributed by atoms with Crippen molar-refractivity contribution in [3.63, 3.8) is 0 Å². The summed E-state index contributed by atoms with van der Waals surface area (Å²) in [5.74, 6) is 4.33. The van der Waals surface area contributed by atoms with Gasteiger partial charge in [0.1, 0.15) is 0 Å². The molecular weight excluding hydrogens is 304 g/mol. The highest BCUT2D eigenvalue weighted by molar-refractivity contribution is 5.04. The molecule has 7 atom stereocenters. The first-order valence-electron chi connectivity index (χ1n) is 11.4. The Labute approximate surface area is 157 Å². The van der Waals surface area contributed by atoms with Crippen molar-refractivity contribution in [2.75, 3.05) is 0 Å². The molecule has 1 nitrogen and oxygen atoms in total. The Morgan fingerprint density at radius 1 is 0.840 bits per heavy atom.